The van der Waals surface area contributed by atoms with Gasteiger partial charge in [0.1, 0.15) is 12.1 Å². The maximum atomic E-state index is 13.6. The number of benzene rings is 3. The van der Waals surface area contributed by atoms with Gasteiger partial charge in [-0.1, -0.05) is 46.3 Å². The highest BCUT2D eigenvalue weighted by Crippen LogP contribution is 2.30. The van der Waals surface area contributed by atoms with Crippen LogP contribution in [-0.2, 0) is 16.1 Å². The molecule has 6 aromatic rings. The Morgan fingerprint density at radius 3 is 2.66 bits per heavy atom. The highest BCUT2D eigenvalue weighted by molar-refractivity contribution is 9.10. The van der Waals surface area contributed by atoms with Crippen molar-refractivity contribution in [3.8, 4) is 11.6 Å². The molecule has 3 heterocycles. The maximum Gasteiger partial charge on any atom is 0.325 e. The van der Waals surface area contributed by atoms with E-state index >= 15 is 0 Å². The molecule has 8 nitrogen and oxygen atoms in total. The molecule has 6 rings (SSSR count). The molecule has 0 saturated carbocycles. The Bertz CT molecular complexity index is 1970. The van der Waals surface area contributed by atoms with Crippen molar-refractivity contribution in [2.75, 3.05) is 7.11 Å². The summed E-state index contributed by atoms with van der Waals surface area (Å²) in [6.45, 7) is 1.97. The minimum Gasteiger partial charge on any atom is -0.468 e. The van der Waals surface area contributed by atoms with E-state index in [0.29, 0.717) is 22.2 Å². The maximum absolute atomic E-state index is 13.6. The van der Waals surface area contributed by atoms with Crippen molar-refractivity contribution in [2.24, 2.45) is 5.10 Å². The topological polar surface area (TPSA) is 91.6 Å². The van der Waals surface area contributed by atoms with E-state index in [1.165, 1.54) is 11.8 Å². The Kier molecular flexibility index (Phi) is 5.92. The average molecular weight is 569 g/mol. The van der Waals surface area contributed by atoms with Gasteiger partial charge in [0.15, 0.2) is 5.76 Å². The molecule has 3 aromatic carbocycles. The zero-order valence-corrected chi connectivity index (χ0v) is 22.1. The molecule has 0 radical (unpaired) electrons. The van der Waals surface area contributed by atoms with Crippen LogP contribution in [-0.4, -0.2) is 33.5 Å². The number of carbonyl (C=O) groups excluding carboxylic acids is 1. The molecular formula is C29H21BrN4O4. The fourth-order valence-corrected chi connectivity index (χ4v) is 5.03. The van der Waals surface area contributed by atoms with Gasteiger partial charge in [0.05, 0.1) is 24.2 Å². The first-order valence-corrected chi connectivity index (χ1v) is 12.6. The quantitative estimate of drug-likeness (QED) is 0.191. The van der Waals surface area contributed by atoms with Crippen LogP contribution in [0.3, 0.4) is 0 Å². The number of furan rings is 1. The number of rotatable bonds is 5. The number of aromatic nitrogens is 3. The molecule has 0 N–H and O–H groups in total. The predicted octanol–water partition coefficient (Wildman–Crippen LogP) is 5.89. The second kappa shape index (κ2) is 9.42. The molecule has 0 fully saturated rings. The lowest BCUT2D eigenvalue weighted by Crippen LogP contribution is -2.20. The van der Waals surface area contributed by atoms with Gasteiger partial charge in [-0.15, -0.1) is 0 Å². The smallest absolute Gasteiger partial charge is 0.325 e. The number of nitrogens with zero attached hydrogens (tertiary/aromatic N) is 4. The number of para-hydroxylation sites is 2. The van der Waals surface area contributed by atoms with Crippen molar-refractivity contribution < 1.29 is 13.9 Å². The van der Waals surface area contributed by atoms with Gasteiger partial charge >= 0.3 is 5.97 Å². The Balaban J connectivity index is 1.56. The Hall–Kier alpha value is -4.50. The van der Waals surface area contributed by atoms with Crippen LogP contribution >= 0.6 is 15.9 Å². The molecule has 0 amide bonds. The number of ether oxygens (including phenoxy) is 1. The van der Waals surface area contributed by atoms with Gasteiger partial charge in [0.25, 0.3) is 5.56 Å². The first kappa shape index (κ1) is 23.9. The fraction of sp³-hybridized carbons (Fsp3) is 0.103. The number of hydrogen-bond donors (Lipinski definition) is 0. The van der Waals surface area contributed by atoms with Crippen molar-refractivity contribution in [3.63, 3.8) is 0 Å². The highest BCUT2D eigenvalue weighted by Gasteiger charge is 2.18. The van der Waals surface area contributed by atoms with Crippen LogP contribution in [0.1, 0.15) is 11.3 Å². The zero-order valence-electron chi connectivity index (χ0n) is 20.5. The number of methoxy groups -OCH3 is 1. The monoisotopic (exact) mass is 568 g/mol. The molecule has 9 heteroatoms. The number of hydrogen-bond acceptors (Lipinski definition) is 6. The van der Waals surface area contributed by atoms with Crippen molar-refractivity contribution in [1.82, 2.24) is 14.2 Å². The van der Waals surface area contributed by atoms with Crippen LogP contribution in [0, 0.1) is 6.92 Å². The summed E-state index contributed by atoms with van der Waals surface area (Å²) >= 11 is 3.49. The normalized spacial score (nSPS) is 11.8. The number of carbonyl (C=O) groups is 1. The van der Waals surface area contributed by atoms with E-state index in [1.807, 2.05) is 66.1 Å². The Labute approximate surface area is 224 Å². The van der Waals surface area contributed by atoms with Crippen LogP contribution in [0.5, 0.6) is 0 Å². The first-order chi connectivity index (χ1) is 18.4. The lowest BCUT2D eigenvalue weighted by Gasteiger charge is -2.08. The predicted molar refractivity (Wildman–Crippen MR) is 151 cm³/mol. The molecule has 0 aliphatic heterocycles. The van der Waals surface area contributed by atoms with E-state index < -0.39 is 0 Å². The van der Waals surface area contributed by atoms with E-state index in [2.05, 4.69) is 21.0 Å². The van der Waals surface area contributed by atoms with E-state index in [4.69, 9.17) is 14.1 Å². The second-order valence-electron chi connectivity index (χ2n) is 8.79. The standard InChI is InChI=1S/C29H21BrN4O4/c1-17-22(20-7-4-6-10-24(20)33(17)16-27(35)37-2)15-31-34-28(32-23-9-5-3-8-21(23)29(34)36)26-14-18-13-19(30)11-12-25(18)38-26/h3-15H,16H2,1-2H3. The van der Waals surface area contributed by atoms with Gasteiger partial charge in [-0.25, -0.2) is 4.98 Å². The van der Waals surface area contributed by atoms with Crippen molar-refractivity contribution >= 4 is 60.9 Å². The Morgan fingerprint density at radius 2 is 1.84 bits per heavy atom. The van der Waals surface area contributed by atoms with E-state index in [-0.39, 0.29) is 23.9 Å². The molecule has 0 saturated heterocycles. The number of fused-ring (bicyclic) bond motifs is 3. The number of esters is 1. The van der Waals surface area contributed by atoms with Gasteiger partial charge in [-0.2, -0.15) is 9.78 Å². The van der Waals surface area contributed by atoms with Crippen LogP contribution in [0.15, 0.2) is 91.6 Å². The summed E-state index contributed by atoms with van der Waals surface area (Å²) in [6.07, 6.45) is 1.63. The third-order valence-electron chi connectivity index (χ3n) is 6.55. The Morgan fingerprint density at radius 1 is 1.08 bits per heavy atom. The minimum atomic E-state index is -0.355. The van der Waals surface area contributed by atoms with Crippen molar-refractivity contribution in [3.05, 3.63) is 98.9 Å². The fourth-order valence-electron chi connectivity index (χ4n) is 4.65. The van der Waals surface area contributed by atoms with E-state index in [9.17, 15) is 9.59 Å². The molecule has 0 atom stereocenters. The van der Waals surface area contributed by atoms with Gasteiger partial charge in [0, 0.05) is 32.0 Å². The molecular weight excluding hydrogens is 548 g/mol. The van der Waals surface area contributed by atoms with Crippen LogP contribution in [0.2, 0.25) is 0 Å². The van der Waals surface area contributed by atoms with Crippen molar-refractivity contribution in [2.45, 2.75) is 13.5 Å². The largest absolute Gasteiger partial charge is 0.468 e. The molecule has 0 aliphatic rings. The molecule has 0 unspecified atom stereocenters. The van der Waals surface area contributed by atoms with Crippen LogP contribution < -0.4 is 5.56 Å². The molecule has 3 aromatic heterocycles. The summed E-state index contributed by atoms with van der Waals surface area (Å²) in [5.41, 5.74) is 3.36. The second-order valence-corrected chi connectivity index (χ2v) is 9.70. The highest BCUT2D eigenvalue weighted by atomic mass is 79.9. The van der Waals surface area contributed by atoms with Gasteiger partial charge in [-0.3, -0.25) is 9.59 Å². The summed E-state index contributed by atoms with van der Waals surface area (Å²) in [7, 11) is 1.36. The third-order valence-corrected chi connectivity index (χ3v) is 7.04. The summed E-state index contributed by atoms with van der Waals surface area (Å²) < 4.78 is 15.0. The lowest BCUT2D eigenvalue weighted by atomic mass is 10.1. The first-order valence-electron chi connectivity index (χ1n) is 11.8. The molecule has 38 heavy (non-hydrogen) atoms. The SMILES string of the molecule is COC(=O)Cn1c(C)c(C=Nn2c(-c3cc4cc(Br)ccc4o3)nc3ccccc3c2=O)c2ccccc21. The summed E-state index contributed by atoms with van der Waals surface area (Å²) in [4.78, 5) is 30.5. The zero-order chi connectivity index (χ0) is 26.4. The summed E-state index contributed by atoms with van der Waals surface area (Å²) in [5.74, 6) is 0.349. The van der Waals surface area contributed by atoms with Crippen LogP contribution in [0.4, 0.5) is 0 Å². The summed E-state index contributed by atoms with van der Waals surface area (Å²) in [5, 5.41) is 6.84. The van der Waals surface area contributed by atoms with Crippen LogP contribution in [0.25, 0.3) is 44.4 Å². The van der Waals surface area contributed by atoms with Gasteiger partial charge in [0.2, 0.25) is 5.82 Å². The molecule has 0 spiro atoms. The number of halogens is 1. The summed E-state index contributed by atoms with van der Waals surface area (Å²) in [6, 6.07) is 22.4. The minimum absolute atomic E-state index is 0.0635. The molecule has 0 aliphatic carbocycles. The van der Waals surface area contributed by atoms with Gasteiger partial charge in [-0.05, 0) is 49.4 Å². The van der Waals surface area contributed by atoms with E-state index in [0.717, 1.165) is 32.0 Å². The molecule has 188 valence electrons. The van der Waals surface area contributed by atoms with Gasteiger partial charge < -0.3 is 13.7 Å². The molecule has 0 bridgehead atoms. The van der Waals surface area contributed by atoms with Crippen molar-refractivity contribution in [1.29, 1.82) is 0 Å². The third kappa shape index (κ3) is 4.01. The van der Waals surface area contributed by atoms with E-state index in [1.54, 1.807) is 24.4 Å². The lowest BCUT2D eigenvalue weighted by molar-refractivity contribution is -0.141. The average Bonchev–Trinajstić information content (AvgIpc) is 3.46.